The summed E-state index contributed by atoms with van der Waals surface area (Å²) >= 11 is 0. The Bertz CT molecular complexity index is 1230. The second-order valence-corrected chi connectivity index (χ2v) is 7.11. The molecular formula is C21H19F2N3O4. The van der Waals surface area contributed by atoms with Crippen molar-refractivity contribution in [2.45, 2.75) is 32.0 Å². The molecule has 1 saturated heterocycles. The van der Waals surface area contributed by atoms with Gasteiger partial charge in [-0.2, -0.15) is 0 Å². The Balaban J connectivity index is 1.71. The molecule has 3 aromatic rings. The molecule has 1 aromatic heterocycles. The molecule has 4 rings (SSSR count). The van der Waals surface area contributed by atoms with Crippen molar-refractivity contribution in [3.8, 4) is 0 Å². The van der Waals surface area contributed by atoms with Crippen LogP contribution in [0.4, 0.5) is 14.5 Å². The van der Waals surface area contributed by atoms with Crippen LogP contribution >= 0.6 is 0 Å². The van der Waals surface area contributed by atoms with Crippen molar-refractivity contribution in [2.75, 3.05) is 11.9 Å². The van der Waals surface area contributed by atoms with E-state index >= 15 is 0 Å². The number of rotatable bonds is 5. The predicted molar refractivity (Wildman–Crippen MR) is 106 cm³/mol. The van der Waals surface area contributed by atoms with E-state index in [4.69, 9.17) is 4.74 Å². The number of amides is 1. The lowest BCUT2D eigenvalue weighted by Gasteiger charge is -2.16. The Morgan fingerprint density at radius 3 is 2.67 bits per heavy atom. The number of benzene rings is 2. The summed E-state index contributed by atoms with van der Waals surface area (Å²) in [5, 5.41) is 2.62. The minimum Gasteiger partial charge on any atom is -0.376 e. The van der Waals surface area contributed by atoms with Gasteiger partial charge in [0.2, 0.25) is 5.91 Å². The van der Waals surface area contributed by atoms with Gasteiger partial charge < -0.3 is 10.1 Å². The maximum absolute atomic E-state index is 13.8. The molecule has 7 nitrogen and oxygen atoms in total. The van der Waals surface area contributed by atoms with Crippen molar-refractivity contribution >= 4 is 22.5 Å². The van der Waals surface area contributed by atoms with Crippen LogP contribution < -0.4 is 16.6 Å². The average molecular weight is 415 g/mol. The minimum absolute atomic E-state index is 0.0940. The van der Waals surface area contributed by atoms with Crippen molar-refractivity contribution < 1.29 is 18.3 Å². The first-order valence-electron chi connectivity index (χ1n) is 9.53. The van der Waals surface area contributed by atoms with Gasteiger partial charge in [0, 0.05) is 12.7 Å². The molecule has 0 saturated carbocycles. The maximum atomic E-state index is 13.8. The van der Waals surface area contributed by atoms with Gasteiger partial charge in [-0.25, -0.2) is 13.6 Å². The molecule has 0 aliphatic carbocycles. The van der Waals surface area contributed by atoms with Gasteiger partial charge in [-0.3, -0.25) is 18.7 Å². The molecule has 2 aromatic carbocycles. The first kappa shape index (κ1) is 20.0. The van der Waals surface area contributed by atoms with E-state index in [0.717, 1.165) is 29.5 Å². The minimum atomic E-state index is -0.927. The van der Waals surface area contributed by atoms with E-state index in [-0.39, 0.29) is 23.7 Å². The molecule has 1 unspecified atom stereocenters. The summed E-state index contributed by atoms with van der Waals surface area (Å²) in [4.78, 5) is 38.4. The van der Waals surface area contributed by atoms with Gasteiger partial charge in [0.05, 0.1) is 29.2 Å². The maximum Gasteiger partial charge on any atom is 0.332 e. The topological polar surface area (TPSA) is 82.3 Å². The number of carbonyl (C=O) groups is 1. The normalized spacial score (nSPS) is 16.1. The molecule has 1 amide bonds. The Hall–Kier alpha value is -3.33. The van der Waals surface area contributed by atoms with Gasteiger partial charge in [-0.1, -0.05) is 12.1 Å². The first-order valence-corrected chi connectivity index (χ1v) is 9.53. The average Bonchev–Trinajstić information content (AvgIpc) is 3.24. The summed E-state index contributed by atoms with van der Waals surface area (Å²) in [6.45, 7) is 0.228. The number of fused-ring (bicyclic) bond motifs is 1. The zero-order chi connectivity index (χ0) is 21.3. The van der Waals surface area contributed by atoms with Crippen molar-refractivity contribution in [3.63, 3.8) is 0 Å². The van der Waals surface area contributed by atoms with Gasteiger partial charge >= 0.3 is 5.69 Å². The zero-order valence-corrected chi connectivity index (χ0v) is 15.9. The van der Waals surface area contributed by atoms with Gasteiger partial charge in [0.15, 0.2) is 0 Å². The SMILES string of the molecule is O=C(Cn1c(=O)n(CC2CCCO2)c(=O)c2ccccc21)Nc1ccc(F)cc1F. The highest BCUT2D eigenvalue weighted by atomic mass is 19.1. The standard InChI is InChI=1S/C21H19F2N3O4/c22-13-7-8-17(16(23)10-13)24-19(27)12-25-18-6-2-1-5-15(18)20(28)26(21(25)29)11-14-4-3-9-30-14/h1-2,5-8,10,14H,3-4,9,11-12H2,(H,24,27). The summed E-state index contributed by atoms with van der Waals surface area (Å²) < 4.78 is 34.7. The second-order valence-electron chi connectivity index (χ2n) is 7.11. The fourth-order valence-electron chi connectivity index (χ4n) is 3.60. The third-order valence-corrected chi connectivity index (χ3v) is 5.05. The van der Waals surface area contributed by atoms with Crippen molar-refractivity contribution in [2.24, 2.45) is 0 Å². The van der Waals surface area contributed by atoms with Crippen molar-refractivity contribution in [1.82, 2.24) is 9.13 Å². The van der Waals surface area contributed by atoms with Crippen LogP contribution in [0.5, 0.6) is 0 Å². The molecular weight excluding hydrogens is 396 g/mol. The largest absolute Gasteiger partial charge is 0.376 e. The van der Waals surface area contributed by atoms with Gasteiger partial charge in [-0.15, -0.1) is 0 Å². The number of aromatic nitrogens is 2. The van der Waals surface area contributed by atoms with Crippen LogP contribution in [0, 0.1) is 11.6 Å². The smallest absolute Gasteiger partial charge is 0.332 e. The Morgan fingerprint density at radius 2 is 1.93 bits per heavy atom. The van der Waals surface area contributed by atoms with Crippen LogP contribution in [0.25, 0.3) is 10.9 Å². The fourth-order valence-corrected chi connectivity index (χ4v) is 3.60. The first-order chi connectivity index (χ1) is 14.4. The third kappa shape index (κ3) is 3.88. The lowest BCUT2D eigenvalue weighted by atomic mass is 10.2. The van der Waals surface area contributed by atoms with Crippen LogP contribution in [0.2, 0.25) is 0 Å². The number of halogens is 2. The number of hydrogen-bond acceptors (Lipinski definition) is 4. The molecule has 1 N–H and O–H groups in total. The predicted octanol–water partition coefficient (Wildman–Crippen LogP) is 2.26. The van der Waals surface area contributed by atoms with Crippen LogP contribution in [-0.2, 0) is 22.6 Å². The monoisotopic (exact) mass is 415 g/mol. The quantitative estimate of drug-likeness (QED) is 0.693. The molecule has 2 heterocycles. The molecule has 1 aliphatic heterocycles. The van der Waals surface area contributed by atoms with E-state index in [9.17, 15) is 23.2 Å². The molecule has 1 atom stereocenters. The van der Waals surface area contributed by atoms with E-state index in [2.05, 4.69) is 5.32 Å². The molecule has 0 bridgehead atoms. The highest BCUT2D eigenvalue weighted by Gasteiger charge is 2.21. The van der Waals surface area contributed by atoms with Crippen LogP contribution in [0.15, 0.2) is 52.1 Å². The van der Waals surface area contributed by atoms with Gasteiger partial charge in [-0.05, 0) is 37.1 Å². The molecule has 0 radical (unpaired) electrons. The number of hydrogen-bond donors (Lipinski definition) is 1. The Morgan fingerprint density at radius 1 is 1.13 bits per heavy atom. The molecule has 156 valence electrons. The summed E-state index contributed by atoms with van der Waals surface area (Å²) in [5.41, 5.74) is -1.01. The summed E-state index contributed by atoms with van der Waals surface area (Å²) in [7, 11) is 0. The second kappa shape index (κ2) is 8.19. The molecule has 9 heteroatoms. The van der Waals surface area contributed by atoms with Crippen LogP contribution in [-0.4, -0.2) is 27.8 Å². The number of anilines is 1. The van der Waals surface area contributed by atoms with E-state index in [0.29, 0.717) is 18.2 Å². The molecule has 1 aliphatic rings. The Labute approximate surface area is 169 Å². The van der Waals surface area contributed by atoms with E-state index in [1.54, 1.807) is 24.3 Å². The van der Waals surface area contributed by atoms with E-state index in [1.165, 1.54) is 4.57 Å². The zero-order valence-electron chi connectivity index (χ0n) is 15.9. The molecule has 30 heavy (non-hydrogen) atoms. The van der Waals surface area contributed by atoms with Crippen molar-refractivity contribution in [1.29, 1.82) is 0 Å². The number of carbonyl (C=O) groups excluding carboxylic acids is 1. The summed E-state index contributed by atoms with van der Waals surface area (Å²) in [6.07, 6.45) is 1.35. The summed E-state index contributed by atoms with van der Waals surface area (Å²) in [6, 6.07) is 9.24. The van der Waals surface area contributed by atoms with Crippen LogP contribution in [0.1, 0.15) is 12.8 Å². The van der Waals surface area contributed by atoms with E-state index in [1.807, 2.05) is 0 Å². The number of ether oxygens (including phenoxy) is 1. The number of para-hydroxylation sites is 1. The highest BCUT2D eigenvalue weighted by Crippen LogP contribution is 2.16. The highest BCUT2D eigenvalue weighted by molar-refractivity contribution is 5.91. The third-order valence-electron chi connectivity index (χ3n) is 5.05. The molecule has 0 spiro atoms. The molecule has 1 fully saturated rings. The van der Waals surface area contributed by atoms with Crippen LogP contribution in [0.3, 0.4) is 0 Å². The summed E-state index contributed by atoms with van der Waals surface area (Å²) in [5.74, 6) is -2.38. The lowest BCUT2D eigenvalue weighted by Crippen LogP contribution is -2.43. The Kier molecular flexibility index (Phi) is 5.45. The lowest BCUT2D eigenvalue weighted by molar-refractivity contribution is -0.116. The van der Waals surface area contributed by atoms with Gasteiger partial charge in [0.25, 0.3) is 5.56 Å². The van der Waals surface area contributed by atoms with Crippen molar-refractivity contribution in [3.05, 3.63) is 74.9 Å². The number of nitrogens with zero attached hydrogens (tertiary/aromatic N) is 2. The van der Waals surface area contributed by atoms with E-state index < -0.39 is 35.3 Å². The number of nitrogens with one attached hydrogen (secondary N) is 1. The van der Waals surface area contributed by atoms with Gasteiger partial charge in [0.1, 0.15) is 18.2 Å². The fraction of sp³-hybridized carbons (Fsp3) is 0.286.